The Hall–Kier alpha value is -1.61. The third-order valence-corrected chi connectivity index (χ3v) is 2.04. The first-order valence-electron chi connectivity index (χ1n) is 4.12. The summed E-state index contributed by atoms with van der Waals surface area (Å²) in [6.07, 6.45) is 3.22. The highest BCUT2D eigenvalue weighted by atomic mass is 15.1. The molecule has 0 amide bonds. The summed E-state index contributed by atoms with van der Waals surface area (Å²) in [5.74, 6) is 0. The van der Waals surface area contributed by atoms with Crippen LogP contribution in [0.4, 0.5) is 0 Å². The Morgan fingerprint density at radius 3 is 3.00 bits per heavy atom. The molecule has 2 N–H and O–H groups in total. The van der Waals surface area contributed by atoms with Crippen LogP contribution in [-0.4, -0.2) is 9.55 Å². The molecule has 1 unspecified atom stereocenters. The van der Waals surface area contributed by atoms with Gasteiger partial charge in [-0.2, -0.15) is 0 Å². The highest BCUT2D eigenvalue weighted by molar-refractivity contribution is 5.75. The number of aromatic nitrogens is 2. The maximum Gasteiger partial charge on any atom is 0.102 e. The first-order chi connectivity index (χ1) is 6.33. The van der Waals surface area contributed by atoms with Crippen LogP contribution < -0.4 is 5.73 Å². The van der Waals surface area contributed by atoms with Gasteiger partial charge >= 0.3 is 0 Å². The molecule has 13 heavy (non-hydrogen) atoms. The van der Waals surface area contributed by atoms with Crippen molar-refractivity contribution in [3.8, 4) is 0 Å². The summed E-state index contributed by atoms with van der Waals surface area (Å²) < 4.78 is 1.89. The number of nitrogens with two attached hydrogens (primary N) is 1. The van der Waals surface area contributed by atoms with Gasteiger partial charge in [-0.15, -0.1) is 0 Å². The third-order valence-electron chi connectivity index (χ3n) is 2.04. The number of hydrogen-bond donors (Lipinski definition) is 1. The van der Waals surface area contributed by atoms with E-state index in [2.05, 4.69) is 11.6 Å². The predicted molar refractivity (Wildman–Crippen MR) is 53.2 cm³/mol. The van der Waals surface area contributed by atoms with Gasteiger partial charge in [0, 0.05) is 0 Å². The molecule has 1 heterocycles. The normalized spacial score (nSPS) is 13.0. The number of rotatable bonds is 2. The first kappa shape index (κ1) is 8.01. The van der Waals surface area contributed by atoms with Crippen LogP contribution in [0.25, 0.3) is 11.0 Å². The molecule has 0 aliphatic carbocycles. The zero-order chi connectivity index (χ0) is 9.26. The topological polar surface area (TPSA) is 43.8 Å². The zero-order valence-electron chi connectivity index (χ0n) is 7.22. The summed E-state index contributed by atoms with van der Waals surface area (Å²) in [7, 11) is 0. The molecule has 1 aromatic heterocycles. The molecule has 2 aromatic rings. The summed E-state index contributed by atoms with van der Waals surface area (Å²) >= 11 is 0. The molecule has 1 atom stereocenters. The summed E-state index contributed by atoms with van der Waals surface area (Å²) in [6, 6.07) is 7.88. The Morgan fingerprint density at radius 1 is 1.46 bits per heavy atom. The van der Waals surface area contributed by atoms with Crippen LogP contribution in [0.5, 0.6) is 0 Å². The van der Waals surface area contributed by atoms with Gasteiger partial charge < -0.3 is 10.3 Å². The fraction of sp³-hybridized carbons (Fsp3) is 0.100. The van der Waals surface area contributed by atoms with Crippen LogP contribution in [-0.2, 0) is 0 Å². The first-order valence-corrected chi connectivity index (χ1v) is 4.12. The minimum Gasteiger partial charge on any atom is -0.311 e. The van der Waals surface area contributed by atoms with Crippen LogP contribution >= 0.6 is 0 Å². The van der Waals surface area contributed by atoms with Gasteiger partial charge in [-0.05, 0) is 12.1 Å². The lowest BCUT2D eigenvalue weighted by molar-refractivity contribution is 0.651. The molecule has 2 rings (SSSR count). The quantitative estimate of drug-likeness (QED) is 0.702. The van der Waals surface area contributed by atoms with Crippen molar-refractivity contribution >= 4 is 11.0 Å². The average Bonchev–Trinajstić information content (AvgIpc) is 2.60. The van der Waals surface area contributed by atoms with E-state index in [-0.39, 0.29) is 6.17 Å². The largest absolute Gasteiger partial charge is 0.311 e. The van der Waals surface area contributed by atoms with E-state index in [1.807, 2.05) is 28.8 Å². The van der Waals surface area contributed by atoms with Gasteiger partial charge in [-0.1, -0.05) is 24.8 Å². The average molecular weight is 173 g/mol. The number of nitrogens with zero attached hydrogens (tertiary/aromatic N) is 2. The Bertz CT molecular complexity index is 430. The molecule has 0 aliphatic heterocycles. The fourth-order valence-corrected chi connectivity index (χ4v) is 1.33. The second kappa shape index (κ2) is 3.03. The van der Waals surface area contributed by atoms with E-state index in [4.69, 9.17) is 5.73 Å². The van der Waals surface area contributed by atoms with Crippen LogP contribution in [0.1, 0.15) is 6.17 Å². The summed E-state index contributed by atoms with van der Waals surface area (Å²) in [4.78, 5) is 4.22. The van der Waals surface area contributed by atoms with Crippen molar-refractivity contribution in [2.45, 2.75) is 6.17 Å². The van der Waals surface area contributed by atoms with Gasteiger partial charge in [0.2, 0.25) is 0 Å². The molecule has 1 aromatic carbocycles. The molecule has 66 valence electrons. The SMILES string of the molecule is C=CC(N)n1cnc2ccccc21. The van der Waals surface area contributed by atoms with Crippen molar-refractivity contribution in [1.29, 1.82) is 0 Å². The molecular formula is C10H11N3. The van der Waals surface area contributed by atoms with Crippen molar-refractivity contribution in [2.24, 2.45) is 5.73 Å². The highest BCUT2D eigenvalue weighted by Crippen LogP contribution is 2.14. The Kier molecular flexibility index (Phi) is 1.87. The van der Waals surface area contributed by atoms with E-state index in [1.54, 1.807) is 12.4 Å². The van der Waals surface area contributed by atoms with Gasteiger partial charge in [0.05, 0.1) is 17.4 Å². The van der Waals surface area contributed by atoms with E-state index in [1.165, 1.54) is 0 Å². The van der Waals surface area contributed by atoms with Gasteiger partial charge in [0.25, 0.3) is 0 Å². The monoisotopic (exact) mass is 173 g/mol. The van der Waals surface area contributed by atoms with Crippen molar-refractivity contribution in [3.05, 3.63) is 43.2 Å². The minimum atomic E-state index is -0.201. The third kappa shape index (κ3) is 1.23. The Labute approximate surface area is 76.5 Å². The van der Waals surface area contributed by atoms with Gasteiger partial charge in [0.1, 0.15) is 6.17 Å². The van der Waals surface area contributed by atoms with E-state index < -0.39 is 0 Å². The molecule has 0 radical (unpaired) electrons. The van der Waals surface area contributed by atoms with E-state index in [0.717, 1.165) is 11.0 Å². The molecule has 3 nitrogen and oxygen atoms in total. The lowest BCUT2D eigenvalue weighted by Gasteiger charge is -2.08. The maximum absolute atomic E-state index is 5.81. The van der Waals surface area contributed by atoms with E-state index in [9.17, 15) is 0 Å². The van der Waals surface area contributed by atoms with Crippen molar-refractivity contribution in [3.63, 3.8) is 0 Å². The lowest BCUT2D eigenvalue weighted by Crippen LogP contribution is -2.14. The standard InChI is InChI=1S/C10H11N3/c1-2-10(11)13-7-12-8-5-3-4-6-9(8)13/h2-7,10H,1,11H2. The molecule has 0 spiro atoms. The summed E-state index contributed by atoms with van der Waals surface area (Å²) in [5.41, 5.74) is 7.80. The number of para-hydroxylation sites is 2. The summed E-state index contributed by atoms with van der Waals surface area (Å²) in [5, 5.41) is 0. The molecule has 0 aliphatic rings. The van der Waals surface area contributed by atoms with Crippen molar-refractivity contribution < 1.29 is 0 Å². The maximum atomic E-state index is 5.81. The Balaban J connectivity index is 2.64. The van der Waals surface area contributed by atoms with Crippen molar-refractivity contribution in [2.75, 3.05) is 0 Å². The van der Waals surface area contributed by atoms with Crippen LogP contribution in [0.3, 0.4) is 0 Å². The van der Waals surface area contributed by atoms with E-state index in [0.29, 0.717) is 0 Å². The second-order valence-electron chi connectivity index (χ2n) is 2.87. The van der Waals surface area contributed by atoms with Crippen molar-refractivity contribution in [1.82, 2.24) is 9.55 Å². The van der Waals surface area contributed by atoms with Gasteiger partial charge in [0.15, 0.2) is 0 Å². The van der Waals surface area contributed by atoms with Crippen LogP contribution in [0, 0.1) is 0 Å². The zero-order valence-corrected chi connectivity index (χ0v) is 7.22. The molecular weight excluding hydrogens is 162 g/mol. The fourth-order valence-electron chi connectivity index (χ4n) is 1.33. The second-order valence-corrected chi connectivity index (χ2v) is 2.87. The minimum absolute atomic E-state index is 0.201. The lowest BCUT2D eigenvalue weighted by atomic mass is 10.3. The molecule has 3 heteroatoms. The number of hydrogen-bond acceptors (Lipinski definition) is 2. The van der Waals surface area contributed by atoms with Crippen LogP contribution in [0.2, 0.25) is 0 Å². The number of imidazole rings is 1. The van der Waals surface area contributed by atoms with Crippen LogP contribution in [0.15, 0.2) is 43.2 Å². The molecule has 0 saturated heterocycles. The number of benzene rings is 1. The Morgan fingerprint density at radius 2 is 2.23 bits per heavy atom. The summed E-state index contributed by atoms with van der Waals surface area (Å²) in [6.45, 7) is 3.65. The smallest absolute Gasteiger partial charge is 0.102 e. The predicted octanol–water partition coefficient (Wildman–Crippen LogP) is 1.68. The van der Waals surface area contributed by atoms with Gasteiger partial charge in [-0.3, -0.25) is 0 Å². The van der Waals surface area contributed by atoms with E-state index >= 15 is 0 Å². The molecule has 0 saturated carbocycles. The number of fused-ring (bicyclic) bond motifs is 1. The molecule has 0 fully saturated rings. The van der Waals surface area contributed by atoms with Gasteiger partial charge in [-0.25, -0.2) is 4.98 Å². The highest BCUT2D eigenvalue weighted by Gasteiger charge is 2.04. The molecule has 0 bridgehead atoms.